The number of para-hydroxylation sites is 1. The molecule has 34 heavy (non-hydrogen) atoms. The van der Waals surface area contributed by atoms with Gasteiger partial charge in [0, 0.05) is 24.6 Å². The number of methoxy groups -OCH3 is 1. The lowest BCUT2D eigenvalue weighted by molar-refractivity contribution is -0.137. The summed E-state index contributed by atoms with van der Waals surface area (Å²) in [7, 11) is 1.50. The van der Waals surface area contributed by atoms with Crippen LogP contribution in [0.4, 0.5) is 0 Å². The molecule has 0 aromatic heterocycles. The molecule has 2 aromatic carbocycles. The van der Waals surface area contributed by atoms with Crippen molar-refractivity contribution < 1.29 is 28.6 Å². The van der Waals surface area contributed by atoms with Gasteiger partial charge in [-0.05, 0) is 57.0 Å². The van der Waals surface area contributed by atoms with Crippen LogP contribution in [0.2, 0.25) is 0 Å². The zero-order chi connectivity index (χ0) is 24.5. The van der Waals surface area contributed by atoms with Crippen molar-refractivity contribution in [1.29, 1.82) is 0 Å². The lowest BCUT2D eigenvalue weighted by atomic mass is 9.96. The molecule has 9 nitrogen and oxygen atoms in total. The highest BCUT2D eigenvalue weighted by Gasteiger charge is 2.28. The van der Waals surface area contributed by atoms with Crippen LogP contribution < -0.4 is 25.1 Å². The van der Waals surface area contributed by atoms with E-state index in [1.54, 1.807) is 35.2 Å². The Morgan fingerprint density at radius 3 is 2.35 bits per heavy atom. The van der Waals surface area contributed by atoms with Crippen LogP contribution in [-0.2, 0) is 9.59 Å². The lowest BCUT2D eigenvalue weighted by Crippen LogP contribution is -2.48. The van der Waals surface area contributed by atoms with E-state index in [0.717, 1.165) is 0 Å². The molecule has 1 heterocycles. The SMILES string of the molecule is COc1cc(C(=O)NNC(=O)C2CCN(C(=O)COc3ccccc3)CC2)ccc1OC(C)C. The number of hydrogen-bond acceptors (Lipinski definition) is 6. The normalized spacial score (nSPS) is 13.8. The van der Waals surface area contributed by atoms with Crippen molar-refractivity contribution in [2.45, 2.75) is 32.8 Å². The van der Waals surface area contributed by atoms with E-state index in [2.05, 4.69) is 10.9 Å². The summed E-state index contributed by atoms with van der Waals surface area (Å²) in [5.41, 5.74) is 5.26. The molecule has 3 rings (SSSR count). The molecule has 0 unspecified atom stereocenters. The van der Waals surface area contributed by atoms with Crippen LogP contribution in [0.25, 0.3) is 0 Å². The predicted molar refractivity (Wildman–Crippen MR) is 126 cm³/mol. The second-order valence-electron chi connectivity index (χ2n) is 8.23. The Labute approximate surface area is 199 Å². The van der Waals surface area contributed by atoms with Crippen LogP contribution in [0.15, 0.2) is 48.5 Å². The van der Waals surface area contributed by atoms with Crippen molar-refractivity contribution in [3.8, 4) is 17.2 Å². The van der Waals surface area contributed by atoms with Gasteiger partial charge in [0.2, 0.25) is 5.91 Å². The Hall–Kier alpha value is -3.75. The molecule has 0 bridgehead atoms. The first kappa shape index (κ1) is 24.9. The van der Waals surface area contributed by atoms with Gasteiger partial charge in [-0.15, -0.1) is 0 Å². The van der Waals surface area contributed by atoms with E-state index in [-0.39, 0.29) is 30.4 Å². The van der Waals surface area contributed by atoms with Crippen LogP contribution in [0.5, 0.6) is 17.2 Å². The average Bonchev–Trinajstić information content (AvgIpc) is 2.86. The van der Waals surface area contributed by atoms with Gasteiger partial charge in [0.1, 0.15) is 5.75 Å². The molecule has 0 spiro atoms. The maximum absolute atomic E-state index is 12.5. The molecule has 0 radical (unpaired) electrons. The van der Waals surface area contributed by atoms with Gasteiger partial charge in [-0.2, -0.15) is 0 Å². The zero-order valence-electron chi connectivity index (χ0n) is 19.7. The number of piperidine rings is 1. The van der Waals surface area contributed by atoms with Crippen LogP contribution in [0, 0.1) is 5.92 Å². The first-order valence-electron chi connectivity index (χ1n) is 11.3. The number of rotatable bonds is 8. The first-order chi connectivity index (χ1) is 16.4. The van der Waals surface area contributed by atoms with E-state index >= 15 is 0 Å². The minimum atomic E-state index is -0.464. The van der Waals surface area contributed by atoms with Gasteiger partial charge < -0.3 is 19.1 Å². The molecular weight excluding hydrogens is 438 g/mol. The molecule has 0 aliphatic carbocycles. The fraction of sp³-hybridized carbons (Fsp3) is 0.400. The summed E-state index contributed by atoms with van der Waals surface area (Å²) in [5, 5.41) is 0. The number of carbonyl (C=O) groups excluding carboxylic acids is 3. The monoisotopic (exact) mass is 469 g/mol. The van der Waals surface area contributed by atoms with E-state index in [4.69, 9.17) is 14.2 Å². The van der Waals surface area contributed by atoms with Gasteiger partial charge in [-0.1, -0.05) is 18.2 Å². The van der Waals surface area contributed by atoms with Crippen molar-refractivity contribution in [1.82, 2.24) is 15.8 Å². The molecule has 2 N–H and O–H groups in total. The van der Waals surface area contributed by atoms with Gasteiger partial charge >= 0.3 is 0 Å². The maximum atomic E-state index is 12.5. The number of hydrazine groups is 1. The van der Waals surface area contributed by atoms with Crippen LogP contribution in [0.3, 0.4) is 0 Å². The Balaban J connectivity index is 1.43. The number of carbonyl (C=O) groups is 3. The molecule has 1 aliphatic rings. The van der Waals surface area contributed by atoms with E-state index in [1.807, 2.05) is 32.0 Å². The minimum absolute atomic E-state index is 0.0361. The molecule has 1 saturated heterocycles. The van der Waals surface area contributed by atoms with Crippen molar-refractivity contribution in [3.63, 3.8) is 0 Å². The second kappa shape index (κ2) is 11.9. The summed E-state index contributed by atoms with van der Waals surface area (Å²) in [6.45, 7) is 4.67. The maximum Gasteiger partial charge on any atom is 0.269 e. The molecule has 1 fully saturated rings. The van der Waals surface area contributed by atoms with Gasteiger partial charge in [0.15, 0.2) is 18.1 Å². The first-order valence-corrected chi connectivity index (χ1v) is 11.3. The Morgan fingerprint density at radius 2 is 1.71 bits per heavy atom. The van der Waals surface area contributed by atoms with Crippen molar-refractivity contribution in [2.75, 3.05) is 26.8 Å². The molecular formula is C25H31N3O6. The molecule has 2 aromatic rings. The molecule has 0 saturated carbocycles. The third kappa shape index (κ3) is 6.87. The lowest BCUT2D eigenvalue weighted by Gasteiger charge is -2.31. The smallest absolute Gasteiger partial charge is 0.269 e. The van der Waals surface area contributed by atoms with E-state index in [1.165, 1.54) is 7.11 Å². The van der Waals surface area contributed by atoms with Crippen LogP contribution in [-0.4, -0.2) is 55.5 Å². The fourth-order valence-electron chi connectivity index (χ4n) is 3.60. The Bertz CT molecular complexity index is 987. The van der Waals surface area contributed by atoms with Crippen molar-refractivity contribution in [2.24, 2.45) is 5.92 Å². The molecule has 0 atom stereocenters. The highest BCUT2D eigenvalue weighted by Crippen LogP contribution is 2.29. The standard InChI is InChI=1S/C25H31N3O6/c1-17(2)34-21-10-9-19(15-22(21)32-3)25(31)27-26-24(30)18-11-13-28(14-12-18)23(29)16-33-20-7-5-4-6-8-20/h4-10,15,17-18H,11-14,16H2,1-3H3,(H,26,30)(H,27,31). The van der Waals surface area contributed by atoms with E-state index in [0.29, 0.717) is 48.7 Å². The number of nitrogens with zero attached hydrogens (tertiary/aromatic N) is 1. The van der Waals surface area contributed by atoms with E-state index < -0.39 is 5.91 Å². The summed E-state index contributed by atoms with van der Waals surface area (Å²) in [6, 6.07) is 14.0. The van der Waals surface area contributed by atoms with Gasteiger partial charge in [0.25, 0.3) is 11.8 Å². The number of hydrogen-bond donors (Lipinski definition) is 2. The molecule has 1 aliphatic heterocycles. The fourth-order valence-corrected chi connectivity index (χ4v) is 3.60. The largest absolute Gasteiger partial charge is 0.493 e. The summed E-state index contributed by atoms with van der Waals surface area (Å²) in [4.78, 5) is 39.1. The minimum Gasteiger partial charge on any atom is -0.493 e. The van der Waals surface area contributed by atoms with Gasteiger partial charge in [0.05, 0.1) is 13.2 Å². The topological polar surface area (TPSA) is 106 Å². The summed E-state index contributed by atoms with van der Waals surface area (Å²) >= 11 is 0. The number of ether oxygens (including phenoxy) is 3. The predicted octanol–water partition coefficient (Wildman–Crippen LogP) is 2.56. The second-order valence-corrected chi connectivity index (χ2v) is 8.23. The number of nitrogens with one attached hydrogen (secondary N) is 2. The van der Waals surface area contributed by atoms with Crippen LogP contribution >= 0.6 is 0 Å². The zero-order valence-corrected chi connectivity index (χ0v) is 19.7. The quantitative estimate of drug-likeness (QED) is 0.576. The molecule has 3 amide bonds. The highest BCUT2D eigenvalue weighted by molar-refractivity contribution is 5.96. The third-order valence-electron chi connectivity index (χ3n) is 5.41. The number of likely N-dealkylation sites (tertiary alicyclic amines) is 1. The Kier molecular flexibility index (Phi) is 8.73. The number of amides is 3. The average molecular weight is 470 g/mol. The summed E-state index contributed by atoms with van der Waals surface area (Å²) < 4.78 is 16.5. The molecule has 182 valence electrons. The molecule has 9 heteroatoms. The van der Waals surface area contributed by atoms with Crippen molar-refractivity contribution in [3.05, 3.63) is 54.1 Å². The number of benzene rings is 2. The highest BCUT2D eigenvalue weighted by atomic mass is 16.5. The third-order valence-corrected chi connectivity index (χ3v) is 5.41. The van der Waals surface area contributed by atoms with E-state index in [9.17, 15) is 14.4 Å². The van der Waals surface area contributed by atoms with Crippen molar-refractivity contribution >= 4 is 17.7 Å². The summed E-state index contributed by atoms with van der Waals surface area (Å²) in [5.74, 6) is 0.446. The summed E-state index contributed by atoms with van der Waals surface area (Å²) in [6.07, 6.45) is 0.979. The van der Waals surface area contributed by atoms with Crippen LogP contribution in [0.1, 0.15) is 37.0 Å². The Morgan fingerprint density at radius 1 is 1.00 bits per heavy atom. The van der Waals surface area contributed by atoms with Gasteiger partial charge in [-0.25, -0.2) is 0 Å². The van der Waals surface area contributed by atoms with Gasteiger partial charge in [-0.3, -0.25) is 25.2 Å².